The second-order valence-electron chi connectivity index (χ2n) is 4.62. The Morgan fingerprint density at radius 1 is 1.38 bits per heavy atom. The van der Waals surface area contributed by atoms with E-state index in [1.165, 1.54) is 0 Å². The van der Waals surface area contributed by atoms with Crippen LogP contribution in [0.1, 0.15) is 19.4 Å². The van der Waals surface area contributed by atoms with E-state index in [-0.39, 0.29) is 0 Å². The molecule has 3 aromatic heterocycles. The Morgan fingerprint density at radius 2 is 2.19 bits per heavy atom. The van der Waals surface area contributed by atoms with Crippen LogP contribution < -0.4 is 4.90 Å². The molecule has 0 fully saturated rings. The monoisotopic (exact) mass is 297 g/mol. The third kappa shape index (κ3) is 2.36. The van der Waals surface area contributed by atoms with E-state index >= 15 is 0 Å². The smallest absolute Gasteiger partial charge is 0.185 e. The molecule has 0 aliphatic rings. The number of fused-ring (bicyclic) bond motifs is 1. The van der Waals surface area contributed by atoms with Gasteiger partial charge < -0.3 is 9.88 Å². The number of aromatic amines is 1. The van der Waals surface area contributed by atoms with Crippen LogP contribution in [-0.2, 0) is 0 Å². The number of rotatable bonds is 4. The van der Waals surface area contributed by atoms with Crippen molar-refractivity contribution in [2.75, 3.05) is 18.0 Å². The van der Waals surface area contributed by atoms with Crippen molar-refractivity contribution < 1.29 is 0 Å². The van der Waals surface area contributed by atoms with Gasteiger partial charge in [0.1, 0.15) is 11.7 Å². The van der Waals surface area contributed by atoms with Crippen LogP contribution >= 0.6 is 11.3 Å². The maximum atomic E-state index is 9.02. The van der Waals surface area contributed by atoms with Crippen molar-refractivity contribution in [3.8, 4) is 17.3 Å². The van der Waals surface area contributed by atoms with Gasteiger partial charge in [0.15, 0.2) is 5.13 Å². The molecular weight excluding hydrogens is 282 g/mol. The molecule has 0 aliphatic heterocycles. The van der Waals surface area contributed by atoms with Crippen LogP contribution in [0.15, 0.2) is 23.8 Å². The number of nitriles is 1. The maximum Gasteiger partial charge on any atom is 0.185 e. The molecule has 0 saturated heterocycles. The van der Waals surface area contributed by atoms with Gasteiger partial charge >= 0.3 is 0 Å². The number of pyridine rings is 1. The molecule has 0 unspecified atom stereocenters. The van der Waals surface area contributed by atoms with E-state index in [0.29, 0.717) is 5.56 Å². The Labute approximate surface area is 126 Å². The maximum absolute atomic E-state index is 9.02. The van der Waals surface area contributed by atoms with Crippen molar-refractivity contribution >= 4 is 27.5 Å². The molecule has 106 valence electrons. The lowest BCUT2D eigenvalue weighted by Crippen LogP contribution is -2.21. The van der Waals surface area contributed by atoms with E-state index in [0.717, 1.165) is 40.5 Å². The van der Waals surface area contributed by atoms with Crippen LogP contribution in [0.3, 0.4) is 0 Å². The molecule has 0 radical (unpaired) electrons. The van der Waals surface area contributed by atoms with Gasteiger partial charge in [-0.25, -0.2) is 9.97 Å². The molecular formula is C15H15N5S. The summed E-state index contributed by atoms with van der Waals surface area (Å²) in [5.74, 6) is 0. The molecule has 0 amide bonds. The summed E-state index contributed by atoms with van der Waals surface area (Å²) in [6.45, 7) is 6.13. The lowest BCUT2D eigenvalue weighted by molar-refractivity contribution is 0.860. The highest BCUT2D eigenvalue weighted by Crippen LogP contribution is 2.32. The van der Waals surface area contributed by atoms with Crippen LogP contribution in [0, 0.1) is 11.3 Å². The topological polar surface area (TPSA) is 68.6 Å². The lowest BCUT2D eigenvalue weighted by Gasteiger charge is -2.16. The number of H-pyrrole nitrogens is 1. The average Bonchev–Trinajstić information content (AvgIpc) is 3.14. The van der Waals surface area contributed by atoms with Crippen LogP contribution in [0.5, 0.6) is 0 Å². The minimum absolute atomic E-state index is 0.558. The Hall–Kier alpha value is -2.39. The molecule has 0 spiro atoms. The quantitative estimate of drug-likeness (QED) is 0.801. The third-order valence-corrected chi connectivity index (χ3v) is 4.36. The van der Waals surface area contributed by atoms with E-state index in [1.807, 2.05) is 12.3 Å². The van der Waals surface area contributed by atoms with Crippen molar-refractivity contribution in [3.63, 3.8) is 0 Å². The first kappa shape index (κ1) is 13.6. The molecule has 5 nitrogen and oxygen atoms in total. The second-order valence-corrected chi connectivity index (χ2v) is 5.46. The Morgan fingerprint density at radius 3 is 2.90 bits per heavy atom. The fourth-order valence-electron chi connectivity index (χ4n) is 2.30. The Kier molecular flexibility index (Phi) is 3.59. The first-order valence-corrected chi connectivity index (χ1v) is 7.72. The Bertz CT molecular complexity index is 807. The number of hydrogen-bond donors (Lipinski definition) is 1. The summed E-state index contributed by atoms with van der Waals surface area (Å²) in [6.07, 6.45) is 3.48. The van der Waals surface area contributed by atoms with Gasteiger partial charge in [0, 0.05) is 41.8 Å². The lowest BCUT2D eigenvalue weighted by atomic mass is 10.1. The normalized spacial score (nSPS) is 10.7. The molecule has 0 aliphatic carbocycles. The molecule has 6 heteroatoms. The van der Waals surface area contributed by atoms with Crippen LogP contribution in [0.4, 0.5) is 5.13 Å². The van der Waals surface area contributed by atoms with E-state index in [1.54, 1.807) is 17.5 Å². The summed E-state index contributed by atoms with van der Waals surface area (Å²) in [4.78, 5) is 14.3. The summed E-state index contributed by atoms with van der Waals surface area (Å²) in [5, 5.41) is 13.0. The molecule has 0 aromatic carbocycles. The van der Waals surface area contributed by atoms with Crippen molar-refractivity contribution in [2.45, 2.75) is 13.8 Å². The van der Waals surface area contributed by atoms with Crippen LogP contribution in [0.2, 0.25) is 0 Å². The Balaban J connectivity index is 2.06. The summed E-state index contributed by atoms with van der Waals surface area (Å²) >= 11 is 1.64. The molecule has 0 saturated carbocycles. The van der Waals surface area contributed by atoms with Gasteiger partial charge in [-0.3, -0.25) is 0 Å². The SMILES string of the molecule is CCN(CC)c1nc(-c2c[nH]c3ncc(C#N)cc23)cs1. The van der Waals surface area contributed by atoms with Crippen molar-refractivity contribution in [2.24, 2.45) is 0 Å². The summed E-state index contributed by atoms with van der Waals surface area (Å²) in [5.41, 5.74) is 3.25. The minimum atomic E-state index is 0.558. The highest BCUT2D eigenvalue weighted by Gasteiger charge is 2.13. The van der Waals surface area contributed by atoms with E-state index in [9.17, 15) is 0 Å². The fourth-order valence-corrected chi connectivity index (χ4v) is 3.26. The molecule has 0 atom stereocenters. The first-order chi connectivity index (χ1) is 10.3. The number of anilines is 1. The van der Waals surface area contributed by atoms with Gasteiger partial charge in [-0.2, -0.15) is 5.26 Å². The predicted molar refractivity (Wildman–Crippen MR) is 85.5 cm³/mol. The van der Waals surface area contributed by atoms with Crippen LogP contribution in [-0.4, -0.2) is 28.0 Å². The zero-order valence-electron chi connectivity index (χ0n) is 11.9. The van der Waals surface area contributed by atoms with Gasteiger partial charge in [0.05, 0.1) is 11.3 Å². The van der Waals surface area contributed by atoms with Gasteiger partial charge in [0.25, 0.3) is 0 Å². The zero-order chi connectivity index (χ0) is 14.8. The average molecular weight is 297 g/mol. The number of nitrogens with one attached hydrogen (secondary N) is 1. The molecule has 21 heavy (non-hydrogen) atoms. The number of aromatic nitrogens is 3. The van der Waals surface area contributed by atoms with Crippen molar-refractivity contribution in [3.05, 3.63) is 29.4 Å². The fraction of sp³-hybridized carbons (Fsp3) is 0.267. The minimum Gasteiger partial charge on any atom is -0.349 e. The zero-order valence-corrected chi connectivity index (χ0v) is 12.7. The summed E-state index contributed by atoms with van der Waals surface area (Å²) in [7, 11) is 0. The van der Waals surface area contributed by atoms with Gasteiger partial charge in [-0.15, -0.1) is 11.3 Å². The van der Waals surface area contributed by atoms with Gasteiger partial charge in [-0.05, 0) is 19.9 Å². The van der Waals surface area contributed by atoms with Crippen molar-refractivity contribution in [1.29, 1.82) is 5.26 Å². The number of nitrogens with zero attached hydrogens (tertiary/aromatic N) is 4. The van der Waals surface area contributed by atoms with Crippen LogP contribution in [0.25, 0.3) is 22.3 Å². The summed E-state index contributed by atoms with van der Waals surface area (Å²) in [6, 6.07) is 3.98. The summed E-state index contributed by atoms with van der Waals surface area (Å²) < 4.78 is 0. The molecule has 3 rings (SSSR count). The molecule has 3 heterocycles. The standard InChI is InChI=1S/C15H15N5S/c1-3-20(4-2)15-19-13(9-21-15)12-8-18-14-11(12)5-10(6-16)7-17-14/h5,7-9H,3-4H2,1-2H3,(H,17,18). The number of hydrogen-bond acceptors (Lipinski definition) is 5. The van der Waals surface area contributed by atoms with E-state index in [2.05, 4.69) is 40.2 Å². The van der Waals surface area contributed by atoms with Gasteiger partial charge in [-0.1, -0.05) is 0 Å². The second kappa shape index (κ2) is 5.54. The highest BCUT2D eigenvalue weighted by molar-refractivity contribution is 7.14. The highest BCUT2D eigenvalue weighted by atomic mass is 32.1. The molecule has 1 N–H and O–H groups in total. The molecule has 0 bridgehead atoms. The molecule has 3 aromatic rings. The van der Waals surface area contributed by atoms with E-state index < -0.39 is 0 Å². The first-order valence-electron chi connectivity index (χ1n) is 6.84. The number of thiazole rings is 1. The van der Waals surface area contributed by atoms with Gasteiger partial charge in [0.2, 0.25) is 0 Å². The third-order valence-electron chi connectivity index (χ3n) is 3.46. The predicted octanol–water partition coefficient (Wildman–Crippen LogP) is 3.40. The largest absolute Gasteiger partial charge is 0.349 e. The van der Waals surface area contributed by atoms with Crippen molar-refractivity contribution in [1.82, 2.24) is 15.0 Å². The van der Waals surface area contributed by atoms with E-state index in [4.69, 9.17) is 10.2 Å².